The van der Waals surface area contributed by atoms with Gasteiger partial charge in [-0.3, -0.25) is 4.99 Å². The molecule has 0 saturated heterocycles. The molecule has 3 nitrogen and oxygen atoms in total. The summed E-state index contributed by atoms with van der Waals surface area (Å²) in [5.41, 5.74) is 7.23. The molecule has 0 amide bonds. The fraction of sp³-hybridized carbons (Fsp3) is 0.500. The Kier molecular flexibility index (Phi) is 3.84. The second kappa shape index (κ2) is 5.07. The molecular formula is C14H20IN3. The van der Waals surface area contributed by atoms with Crippen molar-refractivity contribution in [2.75, 3.05) is 13.1 Å². The number of nitrogens with two attached hydrogens (primary N) is 1. The van der Waals surface area contributed by atoms with E-state index in [0.29, 0.717) is 11.9 Å². The molecule has 0 saturated carbocycles. The first-order valence-corrected chi connectivity index (χ1v) is 7.35. The maximum Gasteiger partial charge on any atom is 0.192 e. The normalized spacial score (nSPS) is 23.6. The Bertz CT molecular complexity index is 453. The molecule has 1 atom stereocenters. The lowest BCUT2D eigenvalue weighted by molar-refractivity contribution is 0.204. The zero-order valence-corrected chi connectivity index (χ0v) is 13.3. The van der Waals surface area contributed by atoms with Crippen molar-refractivity contribution in [1.82, 2.24) is 4.90 Å². The van der Waals surface area contributed by atoms with Crippen LogP contribution >= 0.6 is 22.6 Å². The van der Waals surface area contributed by atoms with Gasteiger partial charge in [-0.05, 0) is 53.1 Å². The van der Waals surface area contributed by atoms with Gasteiger partial charge in [0.15, 0.2) is 5.96 Å². The van der Waals surface area contributed by atoms with Gasteiger partial charge in [-0.1, -0.05) is 26.0 Å². The van der Waals surface area contributed by atoms with Gasteiger partial charge >= 0.3 is 0 Å². The van der Waals surface area contributed by atoms with E-state index in [1.165, 1.54) is 9.13 Å². The minimum Gasteiger partial charge on any atom is -0.370 e. The zero-order valence-electron chi connectivity index (χ0n) is 11.2. The number of nitrogens with zero attached hydrogens (tertiary/aromatic N) is 2. The fourth-order valence-corrected chi connectivity index (χ4v) is 2.73. The smallest absolute Gasteiger partial charge is 0.192 e. The quantitative estimate of drug-likeness (QED) is 0.846. The van der Waals surface area contributed by atoms with E-state index in [1.807, 2.05) is 0 Å². The van der Waals surface area contributed by atoms with Crippen LogP contribution < -0.4 is 5.73 Å². The molecule has 1 aliphatic rings. The van der Waals surface area contributed by atoms with E-state index < -0.39 is 0 Å². The lowest BCUT2D eigenvalue weighted by Gasteiger charge is -2.37. The van der Waals surface area contributed by atoms with Crippen LogP contribution in [0.15, 0.2) is 29.3 Å². The maximum absolute atomic E-state index is 6.04. The van der Waals surface area contributed by atoms with E-state index in [0.717, 1.165) is 13.1 Å². The predicted molar refractivity (Wildman–Crippen MR) is 84.5 cm³/mol. The average molecular weight is 357 g/mol. The molecule has 0 fully saturated rings. The summed E-state index contributed by atoms with van der Waals surface area (Å²) < 4.78 is 1.25. The van der Waals surface area contributed by atoms with Crippen molar-refractivity contribution in [3.05, 3.63) is 33.4 Å². The predicted octanol–water partition coefficient (Wildman–Crippen LogP) is 2.79. The van der Waals surface area contributed by atoms with Crippen LogP contribution in [0.2, 0.25) is 0 Å². The van der Waals surface area contributed by atoms with Crippen LogP contribution in [0.4, 0.5) is 0 Å². The van der Waals surface area contributed by atoms with Crippen molar-refractivity contribution < 1.29 is 0 Å². The molecule has 0 radical (unpaired) electrons. The molecule has 4 heteroatoms. The first-order valence-electron chi connectivity index (χ1n) is 6.27. The third-order valence-electron chi connectivity index (χ3n) is 3.44. The number of halogens is 1. The van der Waals surface area contributed by atoms with Crippen LogP contribution in [0.3, 0.4) is 0 Å². The summed E-state index contributed by atoms with van der Waals surface area (Å²) in [5, 5.41) is 0. The molecule has 1 heterocycles. The summed E-state index contributed by atoms with van der Waals surface area (Å²) in [5.74, 6) is 1.24. The van der Waals surface area contributed by atoms with Crippen molar-refractivity contribution in [1.29, 1.82) is 0 Å². The number of guanidine groups is 1. The Labute approximate surface area is 123 Å². The fourth-order valence-electron chi connectivity index (χ4n) is 2.37. The van der Waals surface area contributed by atoms with Crippen molar-refractivity contribution in [2.24, 2.45) is 16.6 Å². The topological polar surface area (TPSA) is 41.6 Å². The summed E-state index contributed by atoms with van der Waals surface area (Å²) in [6, 6.07) is 8.65. The second-order valence-electron chi connectivity index (χ2n) is 5.46. The highest BCUT2D eigenvalue weighted by Gasteiger charge is 2.39. The van der Waals surface area contributed by atoms with Crippen molar-refractivity contribution in [3.8, 4) is 0 Å². The highest BCUT2D eigenvalue weighted by Crippen LogP contribution is 2.33. The van der Waals surface area contributed by atoms with Gasteiger partial charge in [0, 0.05) is 10.1 Å². The molecule has 0 aliphatic carbocycles. The van der Waals surface area contributed by atoms with Crippen molar-refractivity contribution >= 4 is 28.6 Å². The third-order valence-corrected chi connectivity index (χ3v) is 4.15. The van der Waals surface area contributed by atoms with Gasteiger partial charge in [0.05, 0.1) is 12.1 Å². The van der Waals surface area contributed by atoms with Crippen LogP contribution in [-0.4, -0.2) is 23.9 Å². The second-order valence-corrected chi connectivity index (χ2v) is 6.71. The molecular weight excluding hydrogens is 337 g/mol. The summed E-state index contributed by atoms with van der Waals surface area (Å²) in [4.78, 5) is 6.68. The monoisotopic (exact) mass is 357 g/mol. The first-order chi connectivity index (χ1) is 8.43. The van der Waals surface area contributed by atoms with E-state index in [4.69, 9.17) is 5.73 Å². The van der Waals surface area contributed by atoms with Crippen LogP contribution in [0.5, 0.6) is 0 Å². The number of rotatable bonds is 3. The van der Waals surface area contributed by atoms with Crippen LogP contribution in [-0.2, 0) is 5.54 Å². The highest BCUT2D eigenvalue weighted by molar-refractivity contribution is 14.1. The van der Waals surface area contributed by atoms with Gasteiger partial charge < -0.3 is 10.6 Å². The standard InChI is InChI=1S/C14H20IN3/c1-10(2)8-18-13(16)17-9-14(18,3)11-4-6-12(15)7-5-11/h4-7,10H,8-9H2,1-3H3,(H2,16,17). The molecule has 0 aromatic heterocycles. The Morgan fingerprint density at radius 3 is 2.56 bits per heavy atom. The van der Waals surface area contributed by atoms with Gasteiger partial charge in [-0.15, -0.1) is 0 Å². The molecule has 1 aromatic carbocycles. The van der Waals surface area contributed by atoms with Gasteiger partial charge in [-0.2, -0.15) is 0 Å². The largest absolute Gasteiger partial charge is 0.370 e. The summed E-state index contributed by atoms with van der Waals surface area (Å²) in [6.07, 6.45) is 0. The summed E-state index contributed by atoms with van der Waals surface area (Å²) >= 11 is 2.33. The third kappa shape index (κ3) is 2.48. The Balaban J connectivity index is 2.32. The molecule has 1 aliphatic heterocycles. The van der Waals surface area contributed by atoms with E-state index in [9.17, 15) is 0 Å². The Hall–Kier alpha value is -0.780. The molecule has 1 aromatic rings. The van der Waals surface area contributed by atoms with E-state index >= 15 is 0 Å². The van der Waals surface area contributed by atoms with Gasteiger partial charge in [0.1, 0.15) is 0 Å². The van der Waals surface area contributed by atoms with Gasteiger partial charge in [0.25, 0.3) is 0 Å². The number of benzene rings is 1. The van der Waals surface area contributed by atoms with Crippen LogP contribution in [0.25, 0.3) is 0 Å². The lowest BCUT2D eigenvalue weighted by Crippen LogP contribution is -2.49. The van der Waals surface area contributed by atoms with Gasteiger partial charge in [-0.25, -0.2) is 0 Å². The van der Waals surface area contributed by atoms with Crippen molar-refractivity contribution in [3.63, 3.8) is 0 Å². The van der Waals surface area contributed by atoms with Crippen molar-refractivity contribution in [2.45, 2.75) is 26.3 Å². The number of aliphatic imine (C=N–C) groups is 1. The minimum absolute atomic E-state index is 0.0985. The Morgan fingerprint density at radius 2 is 2.00 bits per heavy atom. The first kappa shape index (κ1) is 13.6. The highest BCUT2D eigenvalue weighted by atomic mass is 127. The zero-order chi connectivity index (χ0) is 13.3. The molecule has 98 valence electrons. The minimum atomic E-state index is -0.0985. The molecule has 2 rings (SSSR count). The van der Waals surface area contributed by atoms with E-state index in [1.54, 1.807) is 0 Å². The summed E-state index contributed by atoms with van der Waals surface area (Å²) in [7, 11) is 0. The van der Waals surface area contributed by atoms with Gasteiger partial charge in [0.2, 0.25) is 0 Å². The average Bonchev–Trinajstić information content (AvgIpc) is 2.59. The number of hydrogen-bond acceptors (Lipinski definition) is 3. The molecule has 0 spiro atoms. The summed E-state index contributed by atoms with van der Waals surface area (Å²) in [6.45, 7) is 8.32. The SMILES string of the molecule is CC(C)CN1C(N)=NCC1(C)c1ccc(I)cc1. The Morgan fingerprint density at radius 1 is 1.39 bits per heavy atom. The van der Waals surface area contributed by atoms with Crippen LogP contribution in [0.1, 0.15) is 26.3 Å². The number of hydrogen-bond donors (Lipinski definition) is 1. The van der Waals surface area contributed by atoms with E-state index in [2.05, 4.69) is 77.5 Å². The maximum atomic E-state index is 6.04. The molecule has 0 bridgehead atoms. The molecule has 1 unspecified atom stereocenters. The van der Waals surface area contributed by atoms with Crippen LogP contribution in [0, 0.1) is 9.49 Å². The molecule has 2 N–H and O–H groups in total. The lowest BCUT2D eigenvalue weighted by atomic mass is 9.90. The van der Waals surface area contributed by atoms with E-state index in [-0.39, 0.29) is 5.54 Å². The molecule has 18 heavy (non-hydrogen) atoms.